The fourth-order valence-electron chi connectivity index (χ4n) is 1.70. The van der Waals surface area contributed by atoms with Crippen LogP contribution in [-0.2, 0) is 10.0 Å². The molecule has 1 N–H and O–H groups in total. The summed E-state index contributed by atoms with van der Waals surface area (Å²) in [5.41, 5.74) is 2.05. The number of hydrogen-bond acceptors (Lipinski definition) is 3. The molecule has 0 unspecified atom stereocenters. The molecular weight excluding hydrogens is 274 g/mol. The van der Waals surface area contributed by atoms with Crippen LogP contribution < -0.4 is 4.72 Å². The molecule has 104 valence electrons. The van der Waals surface area contributed by atoms with E-state index in [-0.39, 0.29) is 10.7 Å². The highest BCUT2D eigenvalue weighted by molar-refractivity contribution is 7.92. The highest BCUT2D eigenvalue weighted by Crippen LogP contribution is 2.17. The highest BCUT2D eigenvalue weighted by atomic mass is 32.2. The number of benzene rings is 2. The van der Waals surface area contributed by atoms with Crippen LogP contribution in [-0.4, -0.2) is 14.2 Å². The molecule has 0 aliphatic rings. The van der Waals surface area contributed by atoms with E-state index in [1.807, 2.05) is 19.1 Å². The first-order chi connectivity index (χ1) is 9.38. The molecule has 0 bridgehead atoms. The number of carbonyl (C=O) groups is 1. The predicted molar refractivity (Wildman–Crippen MR) is 78.4 cm³/mol. The van der Waals surface area contributed by atoms with Gasteiger partial charge >= 0.3 is 0 Å². The Labute approximate surface area is 118 Å². The van der Waals surface area contributed by atoms with E-state index >= 15 is 0 Å². The average Bonchev–Trinajstić information content (AvgIpc) is 2.41. The van der Waals surface area contributed by atoms with Crippen molar-refractivity contribution >= 4 is 21.5 Å². The van der Waals surface area contributed by atoms with E-state index in [9.17, 15) is 13.2 Å². The van der Waals surface area contributed by atoms with Gasteiger partial charge in [0.05, 0.1) is 4.90 Å². The van der Waals surface area contributed by atoms with Gasteiger partial charge in [-0.25, -0.2) is 8.42 Å². The molecule has 4 nitrogen and oxygen atoms in total. The SMILES string of the molecule is CC(=O)c1ccc(S(=O)(=O)Nc2ccc(C)cc2)cc1. The van der Waals surface area contributed by atoms with Gasteiger partial charge in [-0.2, -0.15) is 0 Å². The smallest absolute Gasteiger partial charge is 0.261 e. The van der Waals surface area contributed by atoms with Gasteiger partial charge < -0.3 is 0 Å². The third-order valence-corrected chi connectivity index (χ3v) is 4.27. The van der Waals surface area contributed by atoms with Crippen molar-refractivity contribution in [2.24, 2.45) is 0 Å². The molecule has 0 spiro atoms. The fraction of sp³-hybridized carbons (Fsp3) is 0.133. The molecule has 2 rings (SSSR count). The van der Waals surface area contributed by atoms with Crippen molar-refractivity contribution < 1.29 is 13.2 Å². The Bertz CT molecular complexity index is 717. The minimum Gasteiger partial charge on any atom is -0.295 e. The number of nitrogens with one attached hydrogen (secondary N) is 1. The molecule has 0 heterocycles. The summed E-state index contributed by atoms with van der Waals surface area (Å²) in [6.45, 7) is 3.37. The standard InChI is InChI=1S/C15H15NO3S/c1-11-3-7-14(8-4-11)16-20(18,19)15-9-5-13(6-10-15)12(2)17/h3-10,16H,1-2H3. The van der Waals surface area contributed by atoms with Gasteiger partial charge in [-0.15, -0.1) is 0 Å². The second-order valence-electron chi connectivity index (χ2n) is 4.55. The second-order valence-corrected chi connectivity index (χ2v) is 6.23. The third kappa shape index (κ3) is 3.24. The topological polar surface area (TPSA) is 63.2 Å². The molecule has 2 aromatic carbocycles. The maximum Gasteiger partial charge on any atom is 0.261 e. The summed E-state index contributed by atoms with van der Waals surface area (Å²) in [7, 11) is -3.63. The lowest BCUT2D eigenvalue weighted by Gasteiger charge is -2.08. The Kier molecular flexibility index (Phi) is 3.90. The monoisotopic (exact) mass is 289 g/mol. The van der Waals surface area contributed by atoms with Crippen LogP contribution in [0.5, 0.6) is 0 Å². The van der Waals surface area contributed by atoms with Gasteiger partial charge in [0.2, 0.25) is 0 Å². The zero-order chi connectivity index (χ0) is 14.8. The van der Waals surface area contributed by atoms with E-state index in [0.29, 0.717) is 11.3 Å². The Morgan fingerprint density at radius 3 is 2.00 bits per heavy atom. The Hall–Kier alpha value is -2.14. The first kappa shape index (κ1) is 14.3. The van der Waals surface area contributed by atoms with Crippen molar-refractivity contribution in [2.45, 2.75) is 18.7 Å². The van der Waals surface area contributed by atoms with Crippen molar-refractivity contribution in [3.8, 4) is 0 Å². The fourth-order valence-corrected chi connectivity index (χ4v) is 2.76. The maximum atomic E-state index is 12.2. The van der Waals surface area contributed by atoms with Crippen molar-refractivity contribution in [1.82, 2.24) is 0 Å². The van der Waals surface area contributed by atoms with Crippen LogP contribution in [0.4, 0.5) is 5.69 Å². The normalized spacial score (nSPS) is 11.1. The van der Waals surface area contributed by atoms with Gasteiger partial charge in [-0.3, -0.25) is 9.52 Å². The number of carbonyl (C=O) groups excluding carboxylic acids is 1. The van der Waals surface area contributed by atoms with Crippen LogP contribution in [0.25, 0.3) is 0 Å². The summed E-state index contributed by atoms with van der Waals surface area (Å²) >= 11 is 0. The molecule has 0 amide bonds. The van der Waals surface area contributed by atoms with E-state index in [4.69, 9.17) is 0 Å². The summed E-state index contributed by atoms with van der Waals surface area (Å²) in [4.78, 5) is 11.3. The van der Waals surface area contributed by atoms with Crippen LogP contribution in [0.1, 0.15) is 22.8 Å². The van der Waals surface area contributed by atoms with Gasteiger partial charge in [-0.1, -0.05) is 29.8 Å². The molecule has 0 fully saturated rings. The number of Topliss-reactive ketones (excluding diaryl/α,β-unsaturated/α-hetero) is 1. The summed E-state index contributed by atoms with van der Waals surface area (Å²) < 4.78 is 26.8. The third-order valence-electron chi connectivity index (χ3n) is 2.87. The number of ketones is 1. The molecular formula is C15H15NO3S. The lowest BCUT2D eigenvalue weighted by atomic mass is 10.2. The largest absolute Gasteiger partial charge is 0.295 e. The zero-order valence-electron chi connectivity index (χ0n) is 11.3. The second kappa shape index (κ2) is 5.46. The number of rotatable bonds is 4. The van der Waals surface area contributed by atoms with Gasteiger partial charge in [-0.05, 0) is 38.1 Å². The van der Waals surface area contributed by atoms with Gasteiger partial charge in [0, 0.05) is 11.3 Å². The predicted octanol–water partition coefficient (Wildman–Crippen LogP) is 3.00. The van der Waals surface area contributed by atoms with E-state index in [1.165, 1.54) is 31.2 Å². The summed E-state index contributed by atoms with van der Waals surface area (Å²) in [6, 6.07) is 12.9. The number of aryl methyl sites for hydroxylation is 1. The molecule has 0 atom stereocenters. The van der Waals surface area contributed by atoms with Crippen molar-refractivity contribution in [1.29, 1.82) is 0 Å². The van der Waals surface area contributed by atoms with Crippen LogP contribution in [0.2, 0.25) is 0 Å². The first-order valence-corrected chi connectivity index (χ1v) is 7.57. The number of hydrogen-bond donors (Lipinski definition) is 1. The van der Waals surface area contributed by atoms with Crippen LogP contribution >= 0.6 is 0 Å². The zero-order valence-corrected chi connectivity index (χ0v) is 12.1. The number of sulfonamides is 1. The van der Waals surface area contributed by atoms with Gasteiger partial charge in [0.15, 0.2) is 5.78 Å². The lowest BCUT2D eigenvalue weighted by Crippen LogP contribution is -2.13. The minimum atomic E-state index is -3.63. The Balaban J connectivity index is 2.26. The molecule has 2 aromatic rings. The summed E-state index contributed by atoms with van der Waals surface area (Å²) in [5, 5.41) is 0. The summed E-state index contributed by atoms with van der Waals surface area (Å²) in [5.74, 6) is -0.0968. The first-order valence-electron chi connectivity index (χ1n) is 6.09. The van der Waals surface area contributed by atoms with Gasteiger partial charge in [0.1, 0.15) is 0 Å². The molecule has 0 saturated carbocycles. The van der Waals surface area contributed by atoms with E-state index in [1.54, 1.807) is 12.1 Å². The average molecular weight is 289 g/mol. The van der Waals surface area contributed by atoms with E-state index in [2.05, 4.69) is 4.72 Å². The molecule has 20 heavy (non-hydrogen) atoms. The quantitative estimate of drug-likeness (QED) is 0.880. The van der Waals surface area contributed by atoms with Crippen LogP contribution in [0.3, 0.4) is 0 Å². The number of anilines is 1. The molecule has 0 radical (unpaired) electrons. The van der Waals surface area contributed by atoms with Crippen LogP contribution in [0, 0.1) is 6.92 Å². The maximum absolute atomic E-state index is 12.2. The van der Waals surface area contributed by atoms with Crippen molar-refractivity contribution in [3.63, 3.8) is 0 Å². The minimum absolute atomic E-state index is 0.0968. The van der Waals surface area contributed by atoms with Crippen molar-refractivity contribution in [2.75, 3.05) is 4.72 Å². The van der Waals surface area contributed by atoms with Crippen LogP contribution in [0.15, 0.2) is 53.4 Å². The molecule has 0 aliphatic carbocycles. The highest BCUT2D eigenvalue weighted by Gasteiger charge is 2.14. The molecule has 0 aliphatic heterocycles. The van der Waals surface area contributed by atoms with E-state index < -0.39 is 10.0 Å². The lowest BCUT2D eigenvalue weighted by molar-refractivity contribution is 0.101. The molecule has 5 heteroatoms. The molecule has 0 aromatic heterocycles. The molecule has 0 saturated heterocycles. The van der Waals surface area contributed by atoms with Gasteiger partial charge in [0.25, 0.3) is 10.0 Å². The van der Waals surface area contributed by atoms with E-state index in [0.717, 1.165) is 5.56 Å². The van der Waals surface area contributed by atoms with Crippen molar-refractivity contribution in [3.05, 3.63) is 59.7 Å². The summed E-state index contributed by atoms with van der Waals surface area (Å²) in [6.07, 6.45) is 0. The Morgan fingerprint density at radius 1 is 0.950 bits per heavy atom. The Morgan fingerprint density at radius 2 is 1.50 bits per heavy atom.